The molecule has 1 N–H and O–H groups in total. The fourth-order valence-corrected chi connectivity index (χ4v) is 10.7. The minimum Gasteiger partial charge on any atom is -0.370 e. The predicted octanol–water partition coefficient (Wildman–Crippen LogP) is 5.30. The Morgan fingerprint density at radius 3 is 2.40 bits per heavy atom. The molecule has 0 radical (unpaired) electrons. The van der Waals surface area contributed by atoms with E-state index in [1.54, 1.807) is 10.4 Å². The van der Waals surface area contributed by atoms with Gasteiger partial charge in [0.2, 0.25) is 15.9 Å². The lowest BCUT2D eigenvalue weighted by Gasteiger charge is -2.28. The Kier molecular flexibility index (Phi) is 10.8. The molecule has 4 aromatic rings. The number of rotatable bonds is 12. The second-order valence-corrected chi connectivity index (χ2v) is 26.2. The Hall–Kier alpha value is -4.09. The molecule has 3 aliphatic rings. The lowest BCUT2D eigenvalue weighted by Crippen LogP contribution is -2.40. The highest BCUT2D eigenvalue weighted by Gasteiger charge is 2.36. The summed E-state index contributed by atoms with van der Waals surface area (Å²) in [6, 6.07) is 18.7. The zero-order chi connectivity index (χ0) is 39.2. The number of aromatic nitrogens is 3. The van der Waals surface area contributed by atoms with Crippen molar-refractivity contribution in [1.29, 1.82) is 0 Å². The number of sulfone groups is 1. The van der Waals surface area contributed by atoms with E-state index in [0.29, 0.717) is 56.7 Å². The molecule has 2 aromatic heterocycles. The van der Waals surface area contributed by atoms with Gasteiger partial charge in [-0.25, -0.2) is 26.8 Å². The third kappa shape index (κ3) is 8.53. The van der Waals surface area contributed by atoms with E-state index in [1.165, 1.54) is 11.7 Å². The monoisotopic (exact) mass is 805 g/mol. The third-order valence-corrected chi connectivity index (χ3v) is 15.9. The number of hydrogen-bond donors (Lipinski definition) is 1. The van der Waals surface area contributed by atoms with Crippen molar-refractivity contribution in [2.75, 3.05) is 66.0 Å². The summed E-state index contributed by atoms with van der Waals surface area (Å²) >= 11 is 0. The first-order chi connectivity index (χ1) is 26.0. The quantitative estimate of drug-likeness (QED) is 0.148. The molecule has 0 unspecified atom stereocenters. The minimum atomic E-state index is -3.35. The summed E-state index contributed by atoms with van der Waals surface area (Å²) < 4.78 is 59.1. The summed E-state index contributed by atoms with van der Waals surface area (Å²) in [5.74, 6) is 0.731. The molecule has 2 saturated heterocycles. The molecule has 0 bridgehead atoms. The van der Waals surface area contributed by atoms with Crippen molar-refractivity contribution in [2.24, 2.45) is 0 Å². The summed E-state index contributed by atoms with van der Waals surface area (Å²) in [4.78, 5) is 27.3. The number of fused-ring (bicyclic) bond motifs is 1. The van der Waals surface area contributed by atoms with Gasteiger partial charge < -0.3 is 24.4 Å². The second kappa shape index (κ2) is 15.1. The molecule has 0 aliphatic carbocycles. The summed E-state index contributed by atoms with van der Waals surface area (Å²) in [6.07, 6.45) is 3.97. The van der Waals surface area contributed by atoms with Gasteiger partial charge in [-0.05, 0) is 67.8 Å². The zero-order valence-electron chi connectivity index (χ0n) is 32.2. The molecular formula is C39H51N7O6S2Si. The Morgan fingerprint density at radius 2 is 1.71 bits per heavy atom. The fraction of sp³-hybridized carbons (Fsp3) is 0.462. The molecule has 13 nitrogen and oxygen atoms in total. The van der Waals surface area contributed by atoms with Gasteiger partial charge in [0.1, 0.15) is 24.5 Å². The van der Waals surface area contributed by atoms with Crippen molar-refractivity contribution in [3.8, 4) is 11.3 Å². The number of sulfonamides is 1. The zero-order valence-corrected chi connectivity index (χ0v) is 34.9. The Balaban J connectivity index is 1.09. The van der Waals surface area contributed by atoms with Gasteiger partial charge in [0, 0.05) is 70.2 Å². The number of carbonyl (C=O) groups is 1. The van der Waals surface area contributed by atoms with Gasteiger partial charge in [-0.2, -0.15) is 4.31 Å². The number of ether oxygens (including phenoxy) is 1. The van der Waals surface area contributed by atoms with E-state index in [4.69, 9.17) is 4.74 Å². The molecule has 294 valence electrons. The molecule has 0 spiro atoms. The van der Waals surface area contributed by atoms with E-state index in [0.717, 1.165) is 46.9 Å². The van der Waals surface area contributed by atoms with Crippen molar-refractivity contribution in [1.82, 2.24) is 18.8 Å². The number of anilines is 3. The maximum Gasteiger partial charge on any atom is 0.236 e. The Morgan fingerprint density at radius 1 is 0.964 bits per heavy atom. The van der Waals surface area contributed by atoms with Crippen LogP contribution in [0.5, 0.6) is 0 Å². The summed E-state index contributed by atoms with van der Waals surface area (Å²) in [7, 11) is -7.72. The first-order valence-electron chi connectivity index (χ1n) is 18.8. The standard InChI is InChI=1S/C39H51N7O6S2Si/c1-39(2,30-8-6-9-32(24-30)44-16-14-33(26-44)46-15-7-20-54(46,50)51)38(47)42-31-12-10-29(11-13-31)35-25-34-36(43-17-21-53(48,49)22-18-43)40-27-41-37(34)45(35)28-52-19-23-55(3,4)5/h6-13,20,24-25,27,33H,14-19,21-23,26,28H2,1-5H3,(H,42,47)/t33-/m0/s1. The van der Waals surface area contributed by atoms with Gasteiger partial charge in [-0.15, -0.1) is 0 Å². The molecule has 16 heteroatoms. The predicted molar refractivity (Wildman–Crippen MR) is 221 cm³/mol. The van der Waals surface area contributed by atoms with E-state index < -0.39 is 33.3 Å². The number of nitrogens with one attached hydrogen (secondary N) is 1. The molecule has 3 aliphatic heterocycles. The van der Waals surface area contributed by atoms with Crippen molar-refractivity contribution >= 4 is 62.1 Å². The molecule has 0 saturated carbocycles. The number of benzene rings is 2. The maximum atomic E-state index is 13.9. The van der Waals surface area contributed by atoms with Gasteiger partial charge in [-0.3, -0.25) is 4.79 Å². The van der Waals surface area contributed by atoms with Crippen LogP contribution in [0.2, 0.25) is 25.7 Å². The highest BCUT2D eigenvalue weighted by molar-refractivity contribution is 7.92. The van der Waals surface area contributed by atoms with Gasteiger partial charge >= 0.3 is 0 Å². The van der Waals surface area contributed by atoms with Gasteiger partial charge in [0.15, 0.2) is 9.84 Å². The number of carbonyl (C=O) groups excluding carboxylic acids is 1. The van der Waals surface area contributed by atoms with Gasteiger partial charge in [0.05, 0.1) is 28.0 Å². The van der Waals surface area contributed by atoms with Gasteiger partial charge in [-0.1, -0.05) is 50.0 Å². The van der Waals surface area contributed by atoms with E-state index in [2.05, 4.69) is 39.8 Å². The molecule has 2 aromatic carbocycles. The summed E-state index contributed by atoms with van der Waals surface area (Å²) in [6.45, 7) is 14.2. The van der Waals surface area contributed by atoms with Crippen molar-refractivity contribution < 1.29 is 26.4 Å². The number of amides is 1. The smallest absolute Gasteiger partial charge is 0.236 e. The van der Waals surface area contributed by atoms with Crippen molar-refractivity contribution in [3.63, 3.8) is 0 Å². The van der Waals surface area contributed by atoms with Crippen LogP contribution in [0.1, 0.15) is 25.8 Å². The third-order valence-electron chi connectivity index (χ3n) is 10.9. The minimum absolute atomic E-state index is 0.0857. The molecule has 2 fully saturated rings. The lowest BCUT2D eigenvalue weighted by molar-refractivity contribution is -0.120. The molecule has 1 amide bonds. The van der Waals surface area contributed by atoms with Crippen LogP contribution in [0, 0.1) is 0 Å². The van der Waals surface area contributed by atoms with Crippen LogP contribution in [0.15, 0.2) is 72.4 Å². The fourth-order valence-electron chi connectivity index (χ4n) is 7.38. The first-order valence-corrected chi connectivity index (χ1v) is 25.9. The van der Waals surface area contributed by atoms with Crippen LogP contribution >= 0.6 is 0 Å². The normalized spacial score (nSPS) is 20.1. The topological polar surface area (TPSA) is 147 Å². The van der Waals surface area contributed by atoms with E-state index in [9.17, 15) is 21.6 Å². The van der Waals surface area contributed by atoms with E-state index in [-0.39, 0.29) is 23.5 Å². The number of nitrogens with zero attached hydrogens (tertiary/aromatic N) is 6. The molecule has 5 heterocycles. The molecule has 7 rings (SSSR count). The van der Waals surface area contributed by atoms with Crippen LogP contribution in [0.4, 0.5) is 17.2 Å². The van der Waals surface area contributed by atoms with Crippen LogP contribution < -0.4 is 15.1 Å². The van der Waals surface area contributed by atoms with Gasteiger partial charge in [0.25, 0.3) is 0 Å². The van der Waals surface area contributed by atoms with Crippen LogP contribution in [0.3, 0.4) is 0 Å². The van der Waals surface area contributed by atoms with E-state index in [1.807, 2.05) is 77.9 Å². The van der Waals surface area contributed by atoms with Crippen molar-refractivity contribution in [3.05, 3.63) is 78.0 Å². The first kappa shape index (κ1) is 39.2. The largest absolute Gasteiger partial charge is 0.370 e. The highest BCUT2D eigenvalue weighted by atomic mass is 32.2. The SMILES string of the molecule is CC(C)(C(=O)Nc1ccc(-c2cc3c(N4CCS(=O)(=O)CC4)ncnc3n2COCC[Si](C)(C)C)cc1)c1cccc(N2CC[C@H](N3CC=CS3(=O)=O)C2)c1. The van der Waals surface area contributed by atoms with Crippen molar-refractivity contribution in [2.45, 2.75) is 64.1 Å². The average molecular weight is 806 g/mol. The average Bonchev–Trinajstić information content (AvgIpc) is 3.87. The highest BCUT2D eigenvalue weighted by Crippen LogP contribution is 2.35. The Bertz CT molecular complexity index is 2310. The van der Waals surface area contributed by atoms with E-state index >= 15 is 0 Å². The number of hydrogen-bond acceptors (Lipinski definition) is 10. The summed E-state index contributed by atoms with van der Waals surface area (Å²) in [5, 5.41) is 5.24. The molecular weight excluding hydrogens is 755 g/mol. The summed E-state index contributed by atoms with van der Waals surface area (Å²) in [5.41, 5.74) is 4.12. The second-order valence-electron chi connectivity index (χ2n) is 16.5. The Labute approximate surface area is 325 Å². The van der Waals surface area contributed by atoms with Crippen LogP contribution in [-0.2, 0) is 41.5 Å². The molecule has 1 atom stereocenters. The lowest BCUT2D eigenvalue weighted by atomic mass is 9.83. The maximum absolute atomic E-state index is 13.9. The van der Waals surface area contributed by atoms with Crippen LogP contribution in [-0.4, -0.2) is 107 Å². The van der Waals surface area contributed by atoms with Crippen LogP contribution in [0.25, 0.3) is 22.3 Å². The molecule has 55 heavy (non-hydrogen) atoms.